The molecule has 24 heavy (non-hydrogen) atoms. The lowest BCUT2D eigenvalue weighted by Gasteiger charge is -2.15. The highest BCUT2D eigenvalue weighted by molar-refractivity contribution is 9.10. The van der Waals surface area contributed by atoms with Gasteiger partial charge in [0, 0.05) is 15.6 Å². The SMILES string of the molecule is N#Cc1c(N)[nH]c(=O)c(C#N)c1-c1cc(Br)cc(C(F)(F)F)c1O. The van der Waals surface area contributed by atoms with Crippen LogP contribution < -0.4 is 11.3 Å². The van der Waals surface area contributed by atoms with E-state index in [4.69, 9.17) is 11.0 Å². The second-order valence-corrected chi connectivity index (χ2v) is 5.48. The molecule has 0 bridgehead atoms. The van der Waals surface area contributed by atoms with Gasteiger partial charge in [-0.2, -0.15) is 23.7 Å². The Hall–Kier alpha value is -2.98. The molecule has 0 fully saturated rings. The van der Waals surface area contributed by atoms with Crippen molar-refractivity contribution in [1.82, 2.24) is 4.98 Å². The van der Waals surface area contributed by atoms with Crippen molar-refractivity contribution in [2.24, 2.45) is 0 Å². The lowest BCUT2D eigenvalue weighted by atomic mass is 9.94. The molecule has 1 heterocycles. The Morgan fingerprint density at radius 3 is 2.29 bits per heavy atom. The number of nitrogens with two attached hydrogens (primary N) is 1. The van der Waals surface area contributed by atoms with Crippen LogP contribution in [0, 0.1) is 22.7 Å². The van der Waals surface area contributed by atoms with Crippen LogP contribution in [-0.2, 0) is 6.18 Å². The van der Waals surface area contributed by atoms with Crippen LogP contribution in [0.15, 0.2) is 21.4 Å². The molecule has 0 spiro atoms. The first-order chi connectivity index (χ1) is 11.1. The van der Waals surface area contributed by atoms with E-state index >= 15 is 0 Å². The second-order valence-electron chi connectivity index (χ2n) is 4.56. The number of phenols is 1. The molecule has 0 atom stereocenters. The number of aromatic amines is 1. The smallest absolute Gasteiger partial charge is 0.420 e. The third-order valence-corrected chi connectivity index (χ3v) is 3.58. The Bertz CT molecular complexity index is 984. The van der Waals surface area contributed by atoms with Crippen LogP contribution in [0.2, 0.25) is 0 Å². The van der Waals surface area contributed by atoms with Crippen molar-refractivity contribution in [3.8, 4) is 29.0 Å². The van der Waals surface area contributed by atoms with E-state index in [2.05, 4.69) is 20.9 Å². The minimum Gasteiger partial charge on any atom is -0.507 e. The van der Waals surface area contributed by atoms with E-state index in [1.54, 1.807) is 6.07 Å². The van der Waals surface area contributed by atoms with Gasteiger partial charge in [0.25, 0.3) is 5.56 Å². The number of hydrogen-bond acceptors (Lipinski definition) is 5. The average Bonchev–Trinajstić information content (AvgIpc) is 2.47. The van der Waals surface area contributed by atoms with Gasteiger partial charge >= 0.3 is 6.18 Å². The number of H-pyrrole nitrogens is 1. The first-order valence-electron chi connectivity index (χ1n) is 6.07. The van der Waals surface area contributed by atoms with Crippen LogP contribution >= 0.6 is 15.9 Å². The molecular weight excluding hydrogens is 393 g/mol. The van der Waals surface area contributed by atoms with E-state index in [1.165, 1.54) is 6.07 Å². The number of pyridine rings is 1. The number of rotatable bonds is 1. The van der Waals surface area contributed by atoms with Crippen LogP contribution in [0.3, 0.4) is 0 Å². The number of hydrogen-bond donors (Lipinski definition) is 3. The van der Waals surface area contributed by atoms with Gasteiger partial charge in [0.15, 0.2) is 0 Å². The quantitative estimate of drug-likeness (QED) is 0.680. The van der Waals surface area contributed by atoms with Crippen LogP contribution in [0.25, 0.3) is 11.1 Å². The Morgan fingerprint density at radius 2 is 1.79 bits per heavy atom. The molecule has 0 amide bonds. The number of nitrogens with one attached hydrogen (secondary N) is 1. The van der Waals surface area contributed by atoms with Gasteiger partial charge in [-0.1, -0.05) is 15.9 Å². The number of benzene rings is 1. The maximum atomic E-state index is 13.0. The summed E-state index contributed by atoms with van der Waals surface area (Å²) in [4.78, 5) is 13.9. The van der Waals surface area contributed by atoms with Crippen molar-refractivity contribution in [1.29, 1.82) is 10.5 Å². The summed E-state index contributed by atoms with van der Waals surface area (Å²) in [7, 11) is 0. The number of nitriles is 2. The summed E-state index contributed by atoms with van der Waals surface area (Å²) >= 11 is 2.87. The molecule has 0 aliphatic carbocycles. The van der Waals surface area contributed by atoms with Crippen molar-refractivity contribution in [2.45, 2.75) is 6.18 Å². The minimum absolute atomic E-state index is 0.0748. The number of aromatic hydroxyl groups is 1. The maximum Gasteiger partial charge on any atom is 0.420 e. The van der Waals surface area contributed by atoms with Gasteiger partial charge in [-0.05, 0) is 12.1 Å². The van der Waals surface area contributed by atoms with Gasteiger partial charge in [-0.25, -0.2) is 0 Å². The fourth-order valence-electron chi connectivity index (χ4n) is 2.12. The zero-order valence-electron chi connectivity index (χ0n) is 11.5. The molecule has 122 valence electrons. The van der Waals surface area contributed by atoms with Crippen molar-refractivity contribution in [3.63, 3.8) is 0 Å². The summed E-state index contributed by atoms with van der Waals surface area (Å²) in [5.41, 5.74) is 1.08. The first kappa shape index (κ1) is 17.4. The van der Waals surface area contributed by atoms with Gasteiger partial charge in [-0.15, -0.1) is 0 Å². The predicted molar refractivity (Wildman–Crippen MR) is 80.7 cm³/mol. The Morgan fingerprint density at radius 1 is 1.21 bits per heavy atom. The number of alkyl halides is 3. The number of aromatic nitrogens is 1. The van der Waals surface area contributed by atoms with Crippen molar-refractivity contribution < 1.29 is 18.3 Å². The van der Waals surface area contributed by atoms with E-state index < -0.39 is 51.1 Å². The molecule has 0 aliphatic heterocycles. The number of nitrogen functional groups attached to an aromatic ring is 1. The number of anilines is 1. The van der Waals surface area contributed by atoms with Crippen LogP contribution in [0.1, 0.15) is 16.7 Å². The summed E-state index contributed by atoms with van der Waals surface area (Å²) in [6.45, 7) is 0. The maximum absolute atomic E-state index is 13.0. The molecular formula is C14H6BrF3N4O2. The van der Waals surface area contributed by atoms with Crippen LogP contribution in [0.4, 0.5) is 19.0 Å². The summed E-state index contributed by atoms with van der Waals surface area (Å²) in [6.07, 6.45) is -4.89. The van der Waals surface area contributed by atoms with Gasteiger partial charge in [0.2, 0.25) is 0 Å². The van der Waals surface area contributed by atoms with E-state index in [0.29, 0.717) is 6.07 Å². The van der Waals surface area contributed by atoms with Crippen molar-refractivity contribution in [3.05, 3.63) is 43.6 Å². The minimum atomic E-state index is -4.89. The van der Waals surface area contributed by atoms with Gasteiger partial charge in [0.1, 0.15) is 34.8 Å². The van der Waals surface area contributed by atoms with E-state index in [0.717, 1.165) is 6.07 Å². The van der Waals surface area contributed by atoms with Gasteiger partial charge in [-0.3, -0.25) is 4.79 Å². The standard InChI is InChI=1S/C14H6BrF3N4O2/c15-5-1-6(11(23)9(2-5)14(16,17)18)10-7(3-19)12(21)22-13(24)8(10)4-20/h1-2,23H,(H3,21,22,24). The van der Waals surface area contributed by atoms with Crippen molar-refractivity contribution >= 4 is 21.7 Å². The number of nitrogens with zero attached hydrogens (tertiary/aromatic N) is 2. The van der Waals surface area contributed by atoms with Crippen molar-refractivity contribution in [2.75, 3.05) is 5.73 Å². The molecule has 0 unspecified atom stereocenters. The van der Waals surface area contributed by atoms with Crippen LogP contribution in [-0.4, -0.2) is 10.1 Å². The fraction of sp³-hybridized carbons (Fsp3) is 0.0714. The molecule has 2 rings (SSSR count). The molecule has 10 heteroatoms. The predicted octanol–water partition coefficient (Wildman–Crippen LogP) is 2.85. The van der Waals surface area contributed by atoms with E-state index in [1.807, 2.05) is 0 Å². The lowest BCUT2D eigenvalue weighted by molar-refractivity contribution is -0.138. The molecule has 2 aromatic rings. The highest BCUT2D eigenvalue weighted by Gasteiger charge is 2.36. The molecule has 1 aromatic carbocycles. The van der Waals surface area contributed by atoms with Gasteiger partial charge in [0.05, 0.1) is 5.56 Å². The Labute approximate surface area is 140 Å². The highest BCUT2D eigenvalue weighted by Crippen LogP contribution is 2.44. The fourth-order valence-corrected chi connectivity index (χ4v) is 2.58. The molecule has 6 nitrogen and oxygen atoms in total. The molecule has 0 aliphatic rings. The van der Waals surface area contributed by atoms with E-state index in [9.17, 15) is 28.3 Å². The molecule has 0 radical (unpaired) electrons. The Balaban J connectivity index is 3.04. The zero-order valence-corrected chi connectivity index (χ0v) is 13.1. The molecule has 1 aromatic heterocycles. The molecule has 4 N–H and O–H groups in total. The topological polar surface area (TPSA) is 127 Å². The second kappa shape index (κ2) is 5.91. The van der Waals surface area contributed by atoms with E-state index in [-0.39, 0.29) is 4.47 Å². The monoisotopic (exact) mass is 398 g/mol. The summed E-state index contributed by atoms with van der Waals surface area (Å²) in [6, 6.07) is 4.81. The molecule has 0 saturated heterocycles. The Kier molecular flexibility index (Phi) is 4.28. The third-order valence-electron chi connectivity index (χ3n) is 3.12. The summed E-state index contributed by atoms with van der Waals surface area (Å²) in [5.74, 6) is -1.65. The normalized spacial score (nSPS) is 10.9. The highest BCUT2D eigenvalue weighted by atomic mass is 79.9. The summed E-state index contributed by atoms with van der Waals surface area (Å²) < 4.78 is 39.1. The zero-order chi connectivity index (χ0) is 18.2. The third kappa shape index (κ3) is 2.79. The largest absolute Gasteiger partial charge is 0.507 e. The first-order valence-corrected chi connectivity index (χ1v) is 6.87. The average molecular weight is 399 g/mol. The number of phenolic OH excluding ortho intramolecular Hbond substituents is 1. The molecule has 0 saturated carbocycles. The van der Waals surface area contributed by atoms with Gasteiger partial charge < -0.3 is 15.8 Å². The number of halogens is 4. The van der Waals surface area contributed by atoms with Crippen LogP contribution in [0.5, 0.6) is 5.75 Å². The summed E-state index contributed by atoms with van der Waals surface area (Å²) in [5, 5.41) is 28.3. The lowest BCUT2D eigenvalue weighted by Crippen LogP contribution is -2.16.